The zero-order valence-corrected chi connectivity index (χ0v) is 16.7. The van der Waals surface area contributed by atoms with Crippen LogP contribution < -0.4 is 5.73 Å². The topological polar surface area (TPSA) is 118 Å². The minimum Gasteiger partial charge on any atom is -0.389 e. The van der Waals surface area contributed by atoms with Crippen LogP contribution in [0.3, 0.4) is 0 Å². The van der Waals surface area contributed by atoms with Gasteiger partial charge < -0.3 is 25.4 Å². The summed E-state index contributed by atoms with van der Waals surface area (Å²) in [7, 11) is 3.48. The SMILES string of the molecule is CN(C)C(=O)CCc1ccc2c(c1)nc(N)c1nc(CO)n(CC(C)(C)O)c12. The van der Waals surface area contributed by atoms with Crippen molar-refractivity contribution in [3.63, 3.8) is 0 Å². The predicted molar refractivity (Wildman–Crippen MR) is 109 cm³/mol. The molecule has 2 aromatic heterocycles. The van der Waals surface area contributed by atoms with E-state index in [-0.39, 0.29) is 24.9 Å². The van der Waals surface area contributed by atoms with Crippen molar-refractivity contribution < 1.29 is 15.0 Å². The maximum Gasteiger partial charge on any atom is 0.222 e. The van der Waals surface area contributed by atoms with Crippen molar-refractivity contribution in [2.24, 2.45) is 0 Å². The summed E-state index contributed by atoms with van der Waals surface area (Å²) in [5.74, 6) is 0.769. The van der Waals surface area contributed by atoms with Crippen LogP contribution in [0.5, 0.6) is 0 Å². The van der Waals surface area contributed by atoms with Crippen LogP contribution in [0.4, 0.5) is 5.82 Å². The smallest absolute Gasteiger partial charge is 0.222 e. The first-order valence-corrected chi connectivity index (χ1v) is 9.21. The number of anilines is 1. The highest BCUT2D eigenvalue weighted by molar-refractivity contribution is 6.06. The number of carbonyl (C=O) groups excluding carboxylic acids is 1. The van der Waals surface area contributed by atoms with Crippen molar-refractivity contribution in [3.8, 4) is 0 Å². The number of amides is 1. The molecule has 4 N–H and O–H groups in total. The minimum absolute atomic E-state index is 0.0684. The van der Waals surface area contributed by atoms with Gasteiger partial charge in [-0.2, -0.15) is 0 Å². The molecule has 0 aliphatic carbocycles. The van der Waals surface area contributed by atoms with Gasteiger partial charge in [-0.05, 0) is 31.9 Å². The highest BCUT2D eigenvalue weighted by Crippen LogP contribution is 2.30. The molecule has 0 fully saturated rings. The molecule has 0 aliphatic rings. The number of benzene rings is 1. The fourth-order valence-electron chi connectivity index (χ4n) is 3.31. The highest BCUT2D eigenvalue weighted by atomic mass is 16.3. The van der Waals surface area contributed by atoms with Gasteiger partial charge in [0.05, 0.1) is 23.2 Å². The van der Waals surface area contributed by atoms with E-state index in [1.54, 1.807) is 37.4 Å². The Morgan fingerprint density at radius 2 is 2.00 bits per heavy atom. The number of aliphatic hydroxyl groups excluding tert-OH is 1. The maximum absolute atomic E-state index is 11.9. The molecule has 0 unspecified atom stereocenters. The van der Waals surface area contributed by atoms with Crippen LogP contribution in [0.1, 0.15) is 31.7 Å². The summed E-state index contributed by atoms with van der Waals surface area (Å²) < 4.78 is 1.80. The number of aliphatic hydroxyl groups is 2. The molecule has 8 nitrogen and oxygen atoms in total. The molecule has 1 amide bonds. The molecule has 0 aliphatic heterocycles. The first-order chi connectivity index (χ1) is 13.1. The number of aromatic nitrogens is 3. The minimum atomic E-state index is -0.992. The third-order valence-corrected chi connectivity index (χ3v) is 4.66. The Morgan fingerprint density at radius 1 is 1.29 bits per heavy atom. The molecule has 2 heterocycles. The lowest BCUT2D eigenvalue weighted by Crippen LogP contribution is -2.27. The van der Waals surface area contributed by atoms with Crippen molar-refractivity contribution in [1.29, 1.82) is 0 Å². The van der Waals surface area contributed by atoms with E-state index >= 15 is 0 Å². The summed E-state index contributed by atoms with van der Waals surface area (Å²) in [6.07, 6.45) is 1.03. The summed E-state index contributed by atoms with van der Waals surface area (Å²) in [6.45, 7) is 3.40. The lowest BCUT2D eigenvalue weighted by atomic mass is 10.1. The first kappa shape index (κ1) is 20.0. The molecule has 3 rings (SSSR count). The quantitative estimate of drug-likeness (QED) is 0.591. The van der Waals surface area contributed by atoms with Gasteiger partial charge in [0.1, 0.15) is 17.9 Å². The lowest BCUT2D eigenvalue weighted by Gasteiger charge is -2.20. The van der Waals surface area contributed by atoms with Crippen LogP contribution in [0.25, 0.3) is 21.9 Å². The molecule has 0 bridgehead atoms. The molecular formula is C20H27N5O3. The fourth-order valence-corrected chi connectivity index (χ4v) is 3.31. The van der Waals surface area contributed by atoms with E-state index < -0.39 is 5.60 Å². The number of hydrogen-bond donors (Lipinski definition) is 3. The summed E-state index contributed by atoms with van der Waals surface area (Å²) >= 11 is 0. The Balaban J connectivity index is 2.12. The van der Waals surface area contributed by atoms with Gasteiger partial charge in [0.25, 0.3) is 0 Å². The molecule has 3 aromatic rings. The molecular weight excluding hydrogens is 358 g/mol. The molecule has 0 saturated carbocycles. The average molecular weight is 385 g/mol. The number of fused-ring (bicyclic) bond motifs is 3. The highest BCUT2D eigenvalue weighted by Gasteiger charge is 2.22. The van der Waals surface area contributed by atoms with Crippen molar-refractivity contribution in [2.45, 2.75) is 45.4 Å². The molecule has 0 atom stereocenters. The Labute approximate surface area is 163 Å². The van der Waals surface area contributed by atoms with Crippen LogP contribution in [-0.4, -0.2) is 55.3 Å². The second-order valence-electron chi connectivity index (χ2n) is 7.92. The summed E-state index contributed by atoms with van der Waals surface area (Å²) in [5.41, 5.74) is 8.09. The van der Waals surface area contributed by atoms with Gasteiger partial charge >= 0.3 is 0 Å². The third-order valence-electron chi connectivity index (χ3n) is 4.66. The van der Waals surface area contributed by atoms with Gasteiger partial charge in [-0.3, -0.25) is 4.79 Å². The molecule has 0 saturated heterocycles. The zero-order valence-electron chi connectivity index (χ0n) is 16.7. The van der Waals surface area contributed by atoms with Crippen molar-refractivity contribution in [1.82, 2.24) is 19.4 Å². The number of nitrogens with zero attached hydrogens (tertiary/aromatic N) is 4. The second-order valence-corrected chi connectivity index (χ2v) is 7.92. The maximum atomic E-state index is 11.9. The molecule has 8 heteroatoms. The van der Waals surface area contributed by atoms with Gasteiger partial charge in [-0.25, -0.2) is 9.97 Å². The van der Waals surface area contributed by atoms with E-state index in [1.807, 2.05) is 18.2 Å². The number of aryl methyl sites for hydroxylation is 1. The van der Waals surface area contributed by atoms with E-state index in [9.17, 15) is 15.0 Å². The van der Waals surface area contributed by atoms with Gasteiger partial charge in [0.2, 0.25) is 5.91 Å². The Hall–Kier alpha value is -2.71. The molecule has 28 heavy (non-hydrogen) atoms. The normalized spacial score (nSPS) is 12.1. The second kappa shape index (κ2) is 7.37. The van der Waals surface area contributed by atoms with Crippen molar-refractivity contribution in [3.05, 3.63) is 29.6 Å². The van der Waals surface area contributed by atoms with Crippen LogP contribution in [-0.2, 0) is 24.4 Å². The number of nitrogens with two attached hydrogens (primary N) is 1. The summed E-state index contributed by atoms with van der Waals surface area (Å²) in [6, 6.07) is 5.82. The largest absolute Gasteiger partial charge is 0.389 e. The van der Waals surface area contributed by atoms with E-state index in [0.717, 1.165) is 16.5 Å². The monoisotopic (exact) mass is 385 g/mol. The van der Waals surface area contributed by atoms with Crippen LogP contribution >= 0.6 is 0 Å². The van der Waals surface area contributed by atoms with Gasteiger partial charge in [0, 0.05) is 25.9 Å². The zero-order chi connectivity index (χ0) is 20.6. The summed E-state index contributed by atoms with van der Waals surface area (Å²) in [5, 5.41) is 20.9. The lowest BCUT2D eigenvalue weighted by molar-refractivity contribution is -0.128. The van der Waals surface area contributed by atoms with E-state index in [1.165, 1.54) is 0 Å². The Bertz CT molecular complexity index is 1030. The number of carbonyl (C=O) groups is 1. The van der Waals surface area contributed by atoms with E-state index in [4.69, 9.17) is 5.73 Å². The fraction of sp³-hybridized carbons (Fsp3) is 0.450. The van der Waals surface area contributed by atoms with Gasteiger partial charge in [-0.1, -0.05) is 12.1 Å². The third kappa shape index (κ3) is 3.93. The van der Waals surface area contributed by atoms with Gasteiger partial charge in [-0.15, -0.1) is 0 Å². The molecule has 150 valence electrons. The van der Waals surface area contributed by atoms with Crippen molar-refractivity contribution >= 4 is 33.7 Å². The average Bonchev–Trinajstić information content (AvgIpc) is 2.97. The van der Waals surface area contributed by atoms with E-state index in [0.29, 0.717) is 29.7 Å². The van der Waals surface area contributed by atoms with Crippen molar-refractivity contribution in [2.75, 3.05) is 19.8 Å². The number of rotatable bonds is 6. The van der Waals surface area contributed by atoms with Crippen LogP contribution in [0.15, 0.2) is 18.2 Å². The molecule has 1 aromatic carbocycles. The summed E-state index contributed by atoms with van der Waals surface area (Å²) in [4.78, 5) is 22.3. The standard InChI is InChI=1S/C20H27N5O3/c1-20(2,28)11-25-15(10-26)23-17-18(25)13-7-5-12(6-8-16(27)24(3)4)9-14(13)22-19(17)21/h5,7,9,26,28H,6,8,10-11H2,1-4H3,(H2,21,22). The first-order valence-electron chi connectivity index (χ1n) is 9.21. The van der Waals surface area contributed by atoms with Gasteiger partial charge in [0.15, 0.2) is 5.82 Å². The Morgan fingerprint density at radius 3 is 2.61 bits per heavy atom. The number of pyridine rings is 1. The molecule has 0 spiro atoms. The molecule has 0 radical (unpaired) electrons. The van der Waals surface area contributed by atoms with Crippen LogP contribution in [0.2, 0.25) is 0 Å². The number of imidazole rings is 1. The number of nitrogen functional groups attached to an aromatic ring is 1. The Kier molecular flexibility index (Phi) is 5.27. The predicted octanol–water partition coefficient (Wildman–Crippen LogP) is 1.45. The number of hydrogen-bond acceptors (Lipinski definition) is 6. The van der Waals surface area contributed by atoms with Crippen LogP contribution in [0, 0.1) is 0 Å². The van der Waals surface area contributed by atoms with E-state index in [2.05, 4.69) is 9.97 Å².